The molecule has 0 unspecified atom stereocenters. The first kappa shape index (κ1) is 18.2. The number of amidine groups is 1. The summed E-state index contributed by atoms with van der Waals surface area (Å²) in [6.45, 7) is 0. The molecule has 2 aromatic rings. The fraction of sp³-hybridized carbons (Fsp3) is 0. The van der Waals surface area contributed by atoms with Crippen LogP contribution in [0, 0.1) is 0 Å². The molecule has 0 aromatic heterocycles. The van der Waals surface area contributed by atoms with Crippen molar-refractivity contribution in [1.29, 1.82) is 0 Å². The van der Waals surface area contributed by atoms with Gasteiger partial charge in [-0.15, -0.1) is 0 Å². The van der Waals surface area contributed by atoms with Crippen molar-refractivity contribution in [3.8, 4) is 0 Å². The summed E-state index contributed by atoms with van der Waals surface area (Å²) < 4.78 is 0. The molecule has 0 saturated heterocycles. The van der Waals surface area contributed by atoms with Crippen molar-refractivity contribution in [3.63, 3.8) is 0 Å². The van der Waals surface area contributed by atoms with E-state index in [1.807, 2.05) is 0 Å². The van der Waals surface area contributed by atoms with Gasteiger partial charge in [-0.3, -0.25) is 16.3 Å². The maximum absolute atomic E-state index is 11.1. The van der Waals surface area contributed by atoms with Crippen LogP contribution in [0.3, 0.4) is 0 Å². The molecule has 0 saturated carbocycles. The van der Waals surface area contributed by atoms with E-state index in [9.17, 15) is 9.59 Å². The van der Waals surface area contributed by atoms with E-state index in [1.165, 1.54) is 35.6 Å². The van der Waals surface area contributed by atoms with E-state index >= 15 is 0 Å². The quantitative estimate of drug-likeness (QED) is 0.495. The van der Waals surface area contributed by atoms with Gasteiger partial charge in [0, 0.05) is 6.08 Å². The Kier molecular flexibility index (Phi) is 5.25. The number of hydrogen-bond donors (Lipinski definition) is 5. The predicted molar refractivity (Wildman–Crippen MR) is 99.6 cm³/mol. The minimum absolute atomic E-state index is 0.112. The summed E-state index contributed by atoms with van der Waals surface area (Å²) in [7, 11) is 0. The molecule has 5 N–H and O–H groups in total. The van der Waals surface area contributed by atoms with E-state index < -0.39 is 11.9 Å². The Balaban J connectivity index is 1.79. The molecule has 0 fully saturated rings. The molecule has 27 heavy (non-hydrogen) atoms. The highest BCUT2D eigenvalue weighted by Gasteiger charge is 2.15. The molecule has 138 valence electrons. The highest BCUT2D eigenvalue weighted by molar-refractivity contribution is 6.31. The van der Waals surface area contributed by atoms with Gasteiger partial charge in [-0.25, -0.2) is 14.6 Å². The maximum atomic E-state index is 11.1. The lowest BCUT2D eigenvalue weighted by Gasteiger charge is -2.29. The van der Waals surface area contributed by atoms with Crippen LogP contribution in [0.2, 0.25) is 0 Å². The standard InChI is InChI=1S/C17H14ClN5O4/c18-14-9-15(19-12-5-1-3-10(7-12)16(24)25)22-23(21-14)20-13-6-2-4-11(8-13)17(26)27/h1-9,20-21H,(H,19,22)(H,24,25)(H,26,27). The average molecular weight is 388 g/mol. The molecule has 0 amide bonds. The van der Waals surface area contributed by atoms with Gasteiger partial charge in [0.15, 0.2) is 0 Å². The number of halogens is 1. The largest absolute Gasteiger partial charge is 0.478 e. The summed E-state index contributed by atoms with van der Waals surface area (Å²) >= 11 is 6.06. The van der Waals surface area contributed by atoms with E-state index in [1.54, 1.807) is 24.3 Å². The Bertz CT molecular complexity index is 960. The lowest BCUT2D eigenvalue weighted by molar-refractivity contribution is 0.0686. The fourth-order valence-electron chi connectivity index (χ4n) is 2.25. The number of carboxylic acid groups (broad SMARTS) is 2. The van der Waals surface area contributed by atoms with Crippen molar-refractivity contribution in [1.82, 2.24) is 16.1 Å². The third-order valence-corrected chi connectivity index (χ3v) is 3.60. The second kappa shape index (κ2) is 7.77. The van der Waals surface area contributed by atoms with Crippen molar-refractivity contribution in [2.75, 3.05) is 5.43 Å². The Labute approximate surface area is 158 Å². The first-order chi connectivity index (χ1) is 12.9. The number of carbonyl (C=O) groups is 2. The number of rotatable bonds is 5. The van der Waals surface area contributed by atoms with E-state index in [0.29, 0.717) is 17.2 Å². The second-order valence-electron chi connectivity index (χ2n) is 5.40. The van der Waals surface area contributed by atoms with Crippen molar-refractivity contribution in [2.24, 2.45) is 4.99 Å². The van der Waals surface area contributed by atoms with Crippen LogP contribution in [-0.4, -0.2) is 33.2 Å². The zero-order chi connectivity index (χ0) is 19.4. The normalized spacial score (nSPS) is 15.4. The number of aliphatic imine (C=N–C) groups is 1. The molecule has 1 aliphatic heterocycles. The number of benzene rings is 2. The van der Waals surface area contributed by atoms with Crippen LogP contribution in [0.15, 0.2) is 64.8 Å². The number of nitrogens with one attached hydrogen (secondary N) is 3. The van der Waals surface area contributed by atoms with Crippen LogP contribution >= 0.6 is 11.6 Å². The molecule has 0 spiro atoms. The molecule has 1 heterocycles. The van der Waals surface area contributed by atoms with Gasteiger partial charge in [0.25, 0.3) is 0 Å². The Morgan fingerprint density at radius 3 is 2.37 bits per heavy atom. The first-order valence-corrected chi connectivity index (χ1v) is 8.01. The van der Waals surface area contributed by atoms with Crippen LogP contribution in [-0.2, 0) is 0 Å². The third kappa shape index (κ3) is 4.75. The van der Waals surface area contributed by atoms with Crippen LogP contribution in [0.5, 0.6) is 0 Å². The summed E-state index contributed by atoms with van der Waals surface area (Å²) in [4.78, 5) is 26.4. The van der Waals surface area contributed by atoms with Gasteiger partial charge >= 0.3 is 11.9 Å². The van der Waals surface area contributed by atoms with Crippen LogP contribution in [0.1, 0.15) is 20.7 Å². The van der Waals surface area contributed by atoms with Crippen molar-refractivity contribution < 1.29 is 19.8 Å². The molecular formula is C17H14ClN5O4. The summed E-state index contributed by atoms with van der Waals surface area (Å²) in [5, 5.41) is 19.7. The van der Waals surface area contributed by atoms with Crippen LogP contribution in [0.25, 0.3) is 0 Å². The van der Waals surface area contributed by atoms with Crippen molar-refractivity contribution in [3.05, 3.63) is 70.9 Å². The number of nitrogens with zero attached hydrogens (tertiary/aromatic N) is 2. The molecule has 0 aliphatic carbocycles. The lowest BCUT2D eigenvalue weighted by Crippen LogP contribution is -2.55. The Morgan fingerprint density at radius 2 is 1.67 bits per heavy atom. The summed E-state index contributed by atoms with van der Waals surface area (Å²) in [6.07, 6.45) is 1.51. The molecule has 0 atom stereocenters. The Hall–Kier alpha value is -3.56. The molecule has 3 rings (SSSR count). The van der Waals surface area contributed by atoms with E-state index in [-0.39, 0.29) is 16.3 Å². The zero-order valence-electron chi connectivity index (χ0n) is 13.7. The predicted octanol–water partition coefficient (Wildman–Crippen LogP) is 2.55. The molecule has 2 aromatic carbocycles. The first-order valence-electron chi connectivity index (χ1n) is 7.63. The molecule has 0 bridgehead atoms. The number of carboxylic acids is 2. The van der Waals surface area contributed by atoms with Crippen molar-refractivity contribution >= 4 is 40.7 Å². The monoisotopic (exact) mass is 387 g/mol. The van der Waals surface area contributed by atoms with E-state index in [0.717, 1.165) is 0 Å². The van der Waals surface area contributed by atoms with Gasteiger partial charge in [-0.1, -0.05) is 23.7 Å². The lowest BCUT2D eigenvalue weighted by atomic mass is 10.2. The minimum atomic E-state index is -1.05. The number of hydrazine groups is 3. The van der Waals surface area contributed by atoms with Crippen LogP contribution in [0.4, 0.5) is 11.4 Å². The molecular weight excluding hydrogens is 374 g/mol. The van der Waals surface area contributed by atoms with Crippen LogP contribution < -0.4 is 16.3 Å². The second-order valence-corrected chi connectivity index (χ2v) is 5.81. The zero-order valence-corrected chi connectivity index (χ0v) is 14.4. The SMILES string of the molecule is O=C(O)c1cccc(N=C2C=C(Cl)NN(Nc3cccc(C(=O)O)c3)N2)c1. The topological polar surface area (TPSA) is 126 Å². The summed E-state index contributed by atoms with van der Waals surface area (Å²) in [5.41, 5.74) is 9.71. The average Bonchev–Trinajstić information content (AvgIpc) is 2.61. The molecule has 9 nitrogen and oxygen atoms in total. The van der Waals surface area contributed by atoms with E-state index in [2.05, 4.69) is 21.3 Å². The maximum Gasteiger partial charge on any atom is 0.335 e. The van der Waals surface area contributed by atoms with Crippen molar-refractivity contribution in [2.45, 2.75) is 0 Å². The van der Waals surface area contributed by atoms with Gasteiger partial charge < -0.3 is 10.2 Å². The Morgan fingerprint density at radius 1 is 1.00 bits per heavy atom. The highest BCUT2D eigenvalue weighted by atomic mass is 35.5. The fourth-order valence-corrected chi connectivity index (χ4v) is 2.43. The van der Waals surface area contributed by atoms with Gasteiger partial charge in [-0.2, -0.15) is 0 Å². The van der Waals surface area contributed by atoms with Gasteiger partial charge in [-0.05, 0) is 41.6 Å². The van der Waals surface area contributed by atoms with Gasteiger partial charge in [0.1, 0.15) is 11.0 Å². The number of aromatic carboxylic acids is 2. The molecule has 0 radical (unpaired) electrons. The highest BCUT2D eigenvalue weighted by Crippen LogP contribution is 2.17. The smallest absolute Gasteiger partial charge is 0.335 e. The molecule has 1 aliphatic rings. The number of anilines is 1. The van der Waals surface area contributed by atoms with E-state index in [4.69, 9.17) is 21.8 Å². The number of hydrogen-bond acceptors (Lipinski definition) is 6. The minimum Gasteiger partial charge on any atom is -0.478 e. The van der Waals surface area contributed by atoms with Gasteiger partial charge in [0.2, 0.25) is 0 Å². The summed E-state index contributed by atoms with van der Waals surface area (Å²) in [6, 6.07) is 12.3. The summed E-state index contributed by atoms with van der Waals surface area (Å²) in [5.74, 6) is -1.76. The van der Waals surface area contributed by atoms with Gasteiger partial charge in [0.05, 0.1) is 22.5 Å². The molecule has 10 heteroatoms. The third-order valence-electron chi connectivity index (χ3n) is 3.40.